The van der Waals surface area contributed by atoms with Gasteiger partial charge in [-0.05, 0) is 41.5 Å². The predicted octanol–water partition coefficient (Wildman–Crippen LogP) is 2.64. The largest absolute Gasteiger partial charge is 0.465 e. The number of alkyl carbamates (subject to hydrolysis) is 2. The normalized spacial score (nSPS) is 12.6. The zero-order valence-corrected chi connectivity index (χ0v) is 21.7. The first-order valence-corrected chi connectivity index (χ1v) is 11.6. The third-order valence-electron chi connectivity index (χ3n) is 4.12. The van der Waals surface area contributed by atoms with Gasteiger partial charge in [-0.2, -0.15) is 9.67 Å². The van der Waals surface area contributed by atoms with E-state index in [9.17, 15) is 14.4 Å². The maximum Gasteiger partial charge on any atom is 0.407 e. The number of nitrogens with zero attached hydrogens (tertiary/aromatic N) is 3. The molecule has 34 heavy (non-hydrogen) atoms. The molecule has 188 valence electrons. The molecule has 2 aromatic heterocycles. The molecule has 0 aliphatic rings. The lowest BCUT2D eigenvalue weighted by atomic mass is 10.2. The van der Waals surface area contributed by atoms with Crippen LogP contribution in [0.25, 0.3) is 10.6 Å². The van der Waals surface area contributed by atoms with Gasteiger partial charge in [-0.25, -0.2) is 14.4 Å². The summed E-state index contributed by atoms with van der Waals surface area (Å²) in [7, 11) is 3.16. The summed E-state index contributed by atoms with van der Waals surface area (Å²) in [6.07, 6.45) is 3.96. The molecule has 0 spiro atoms. The van der Waals surface area contributed by atoms with Crippen molar-refractivity contribution in [3.8, 4) is 10.6 Å². The first-order chi connectivity index (χ1) is 15.7. The predicted molar refractivity (Wildman–Crippen MR) is 125 cm³/mol. The molecule has 1 atom stereocenters. The van der Waals surface area contributed by atoms with Crippen LogP contribution in [0.1, 0.15) is 51.2 Å². The Morgan fingerprint density at radius 2 is 1.74 bits per heavy atom. The SMILES string of the molecule is COC(=O)c1c[n+](C)c(-c2cnn(CC(CNC(=O)OC(C)(C)C)NC(=O)OC(C)(C)C)c2)s1. The number of hydrogen-bond acceptors (Lipinski definition) is 8. The van der Waals surface area contributed by atoms with Crippen molar-refractivity contribution in [1.29, 1.82) is 0 Å². The third-order valence-corrected chi connectivity index (χ3v) is 5.33. The van der Waals surface area contributed by atoms with Crippen molar-refractivity contribution < 1.29 is 33.2 Å². The Bertz CT molecular complexity index is 1020. The van der Waals surface area contributed by atoms with Crippen LogP contribution < -0.4 is 15.2 Å². The lowest BCUT2D eigenvalue weighted by Crippen LogP contribution is -2.48. The van der Waals surface area contributed by atoms with Crippen LogP contribution in [0.5, 0.6) is 0 Å². The highest BCUT2D eigenvalue weighted by atomic mass is 32.1. The fourth-order valence-corrected chi connectivity index (χ4v) is 3.86. The van der Waals surface area contributed by atoms with Gasteiger partial charge in [-0.1, -0.05) is 11.3 Å². The minimum Gasteiger partial charge on any atom is -0.465 e. The Kier molecular flexibility index (Phi) is 8.65. The van der Waals surface area contributed by atoms with Crippen molar-refractivity contribution >= 4 is 29.5 Å². The molecule has 2 N–H and O–H groups in total. The van der Waals surface area contributed by atoms with E-state index < -0.39 is 35.4 Å². The highest BCUT2D eigenvalue weighted by molar-refractivity contribution is 7.16. The smallest absolute Gasteiger partial charge is 0.407 e. The number of esters is 1. The summed E-state index contributed by atoms with van der Waals surface area (Å²) in [5.41, 5.74) is -0.523. The van der Waals surface area contributed by atoms with Gasteiger partial charge in [0.25, 0.3) is 5.01 Å². The topological polar surface area (TPSA) is 125 Å². The van der Waals surface area contributed by atoms with Crippen molar-refractivity contribution in [2.75, 3.05) is 13.7 Å². The number of aromatic nitrogens is 3. The van der Waals surface area contributed by atoms with Crippen molar-refractivity contribution in [3.63, 3.8) is 0 Å². The summed E-state index contributed by atoms with van der Waals surface area (Å²) in [5.74, 6) is -0.408. The first kappa shape index (κ1) is 27.1. The fourth-order valence-electron chi connectivity index (χ4n) is 2.85. The minimum absolute atomic E-state index is 0.0998. The number of amides is 2. The Balaban J connectivity index is 2.15. The van der Waals surface area contributed by atoms with Crippen LogP contribution in [0.3, 0.4) is 0 Å². The van der Waals surface area contributed by atoms with E-state index >= 15 is 0 Å². The molecule has 0 aliphatic carbocycles. The second kappa shape index (κ2) is 10.9. The number of carbonyl (C=O) groups is 3. The number of rotatable bonds is 7. The molecule has 11 nitrogen and oxygen atoms in total. The van der Waals surface area contributed by atoms with Crippen LogP contribution in [-0.4, -0.2) is 58.8 Å². The molecular formula is C22H34N5O6S+. The molecule has 12 heteroatoms. The number of thiazole rings is 1. The standard InChI is InChI=1S/C22H33N5O6S/c1-21(2,3)32-19(29)23-10-15(25-20(30)33-22(4,5)6)12-27-11-14(9-24-27)17-26(7)13-16(34-17)18(28)31-8/h9,11,13,15H,10,12H2,1-8H3,(H-,23,25,29,30)/p+1. The van der Waals surface area contributed by atoms with Crippen LogP contribution in [0.4, 0.5) is 9.59 Å². The number of aryl methyl sites for hydroxylation is 1. The van der Waals surface area contributed by atoms with Gasteiger partial charge in [0.05, 0.1) is 31.5 Å². The van der Waals surface area contributed by atoms with E-state index in [-0.39, 0.29) is 13.1 Å². The molecule has 0 fully saturated rings. The molecule has 2 amide bonds. The quantitative estimate of drug-likeness (QED) is 0.343. The van der Waals surface area contributed by atoms with Gasteiger partial charge in [0.15, 0.2) is 11.1 Å². The first-order valence-electron chi connectivity index (χ1n) is 10.7. The van der Waals surface area contributed by atoms with E-state index in [1.807, 2.05) is 11.6 Å². The maximum absolute atomic E-state index is 12.3. The van der Waals surface area contributed by atoms with Gasteiger partial charge in [-0.15, -0.1) is 0 Å². The van der Waals surface area contributed by atoms with Gasteiger partial charge in [0, 0.05) is 12.7 Å². The summed E-state index contributed by atoms with van der Waals surface area (Å²) in [4.78, 5) is 36.8. The molecule has 2 aromatic rings. The van der Waals surface area contributed by atoms with E-state index in [0.717, 1.165) is 10.6 Å². The van der Waals surface area contributed by atoms with E-state index in [2.05, 4.69) is 15.7 Å². The molecule has 2 heterocycles. The average Bonchev–Trinajstić information content (AvgIpc) is 3.29. The van der Waals surface area contributed by atoms with Gasteiger partial charge >= 0.3 is 18.2 Å². The minimum atomic E-state index is -0.669. The molecule has 2 rings (SSSR count). The lowest BCUT2D eigenvalue weighted by molar-refractivity contribution is -0.656. The summed E-state index contributed by atoms with van der Waals surface area (Å²) < 4.78 is 18.9. The number of carbonyl (C=O) groups excluding carboxylic acids is 3. The van der Waals surface area contributed by atoms with Crippen molar-refractivity contribution in [1.82, 2.24) is 20.4 Å². The van der Waals surface area contributed by atoms with Crippen molar-refractivity contribution in [3.05, 3.63) is 23.5 Å². The van der Waals surface area contributed by atoms with Crippen LogP contribution in [0, 0.1) is 0 Å². The summed E-state index contributed by atoms with van der Waals surface area (Å²) in [6, 6.07) is -0.530. The van der Waals surface area contributed by atoms with Crippen LogP contribution in [-0.2, 0) is 27.8 Å². The summed E-state index contributed by atoms with van der Waals surface area (Å²) in [6.45, 7) is 11.0. The van der Waals surface area contributed by atoms with Gasteiger partial charge < -0.3 is 24.8 Å². The molecule has 0 aromatic carbocycles. The fraction of sp³-hybridized carbons (Fsp3) is 0.591. The second-order valence-electron chi connectivity index (χ2n) is 9.68. The highest BCUT2D eigenvalue weighted by Gasteiger charge is 2.25. The van der Waals surface area contributed by atoms with Gasteiger partial charge in [-0.3, -0.25) is 4.68 Å². The van der Waals surface area contributed by atoms with Crippen molar-refractivity contribution in [2.45, 2.75) is 65.3 Å². The molecule has 0 bridgehead atoms. The third kappa shape index (κ3) is 8.65. The van der Waals surface area contributed by atoms with Crippen molar-refractivity contribution in [2.24, 2.45) is 7.05 Å². The van der Waals surface area contributed by atoms with Crippen LogP contribution in [0.15, 0.2) is 18.6 Å². The van der Waals surface area contributed by atoms with E-state index in [1.54, 1.807) is 64.8 Å². The Morgan fingerprint density at radius 3 is 2.32 bits per heavy atom. The molecule has 0 radical (unpaired) electrons. The lowest BCUT2D eigenvalue weighted by Gasteiger charge is -2.25. The van der Waals surface area contributed by atoms with Crippen LogP contribution >= 0.6 is 11.3 Å². The number of ether oxygens (including phenoxy) is 3. The number of methoxy groups -OCH3 is 1. The number of hydrogen-bond donors (Lipinski definition) is 2. The molecule has 0 aliphatic heterocycles. The monoisotopic (exact) mass is 496 g/mol. The Labute approximate surface area is 203 Å². The number of nitrogens with one attached hydrogen (secondary N) is 2. The van der Waals surface area contributed by atoms with Gasteiger partial charge in [0.1, 0.15) is 18.2 Å². The Morgan fingerprint density at radius 1 is 1.12 bits per heavy atom. The summed E-state index contributed by atoms with van der Waals surface area (Å²) >= 11 is 1.29. The molecule has 0 saturated carbocycles. The zero-order chi connectivity index (χ0) is 25.7. The van der Waals surface area contributed by atoms with E-state index in [4.69, 9.17) is 14.2 Å². The summed E-state index contributed by atoms with van der Waals surface area (Å²) in [5, 5.41) is 10.6. The van der Waals surface area contributed by atoms with E-state index in [0.29, 0.717) is 4.88 Å². The van der Waals surface area contributed by atoms with Crippen LogP contribution in [0.2, 0.25) is 0 Å². The molecule has 1 unspecified atom stereocenters. The van der Waals surface area contributed by atoms with Gasteiger partial charge in [0.2, 0.25) is 0 Å². The maximum atomic E-state index is 12.3. The highest BCUT2D eigenvalue weighted by Crippen LogP contribution is 2.23. The average molecular weight is 497 g/mol. The molecular weight excluding hydrogens is 462 g/mol. The van der Waals surface area contributed by atoms with E-state index in [1.165, 1.54) is 18.4 Å². The molecule has 0 saturated heterocycles. The zero-order valence-electron chi connectivity index (χ0n) is 20.9. The second-order valence-corrected chi connectivity index (χ2v) is 10.7. The Hall–Kier alpha value is -3.15.